The van der Waals surface area contributed by atoms with Gasteiger partial charge in [0.1, 0.15) is 0 Å². The third-order valence-electron chi connectivity index (χ3n) is 5.27. The monoisotopic (exact) mass is 355 g/mol. The summed E-state index contributed by atoms with van der Waals surface area (Å²) in [5.74, 6) is 1.57. The predicted octanol–water partition coefficient (Wildman–Crippen LogP) is 2.99. The molecule has 0 saturated carbocycles. The lowest BCUT2D eigenvalue weighted by Gasteiger charge is -2.21. The van der Waals surface area contributed by atoms with Crippen LogP contribution in [0.3, 0.4) is 0 Å². The first-order chi connectivity index (χ1) is 12.6. The lowest BCUT2D eigenvalue weighted by atomic mass is 10.1. The number of benzene rings is 1. The molecule has 1 aromatic carbocycles. The molecule has 3 N–H and O–H groups in total. The molecule has 142 valence electrons. The summed E-state index contributed by atoms with van der Waals surface area (Å²) in [7, 11) is 0. The molecule has 2 atom stereocenters. The van der Waals surface area contributed by atoms with E-state index < -0.39 is 0 Å². The average Bonchev–Trinajstić information content (AvgIpc) is 3.18. The Labute approximate surface area is 157 Å². The number of nitrogens with one attached hydrogen (secondary N) is 3. The van der Waals surface area contributed by atoms with Gasteiger partial charge < -0.3 is 15.6 Å². The van der Waals surface area contributed by atoms with E-state index in [1.165, 1.54) is 16.6 Å². The van der Waals surface area contributed by atoms with Gasteiger partial charge in [0, 0.05) is 55.9 Å². The molecule has 2 unspecified atom stereocenters. The topological polar surface area (TPSA) is 55.5 Å². The second-order valence-electron chi connectivity index (χ2n) is 7.67. The predicted molar refractivity (Wildman–Crippen MR) is 111 cm³/mol. The van der Waals surface area contributed by atoms with E-state index in [4.69, 9.17) is 4.99 Å². The highest BCUT2D eigenvalue weighted by Crippen LogP contribution is 2.18. The highest BCUT2D eigenvalue weighted by atomic mass is 15.3. The molecule has 0 bridgehead atoms. The van der Waals surface area contributed by atoms with Crippen LogP contribution in [0.15, 0.2) is 35.3 Å². The number of fused-ring (bicyclic) bond motifs is 1. The van der Waals surface area contributed by atoms with Crippen molar-refractivity contribution in [3.05, 3.63) is 36.0 Å². The van der Waals surface area contributed by atoms with Crippen LogP contribution in [0.2, 0.25) is 0 Å². The Morgan fingerprint density at radius 1 is 1.31 bits per heavy atom. The fourth-order valence-electron chi connectivity index (χ4n) is 3.67. The molecule has 26 heavy (non-hydrogen) atoms. The number of aromatic nitrogens is 1. The van der Waals surface area contributed by atoms with Gasteiger partial charge in [0.25, 0.3) is 0 Å². The number of H-pyrrole nitrogens is 1. The van der Waals surface area contributed by atoms with Crippen LogP contribution in [-0.4, -0.2) is 54.1 Å². The first-order valence-corrected chi connectivity index (χ1v) is 9.92. The second kappa shape index (κ2) is 8.58. The van der Waals surface area contributed by atoms with Crippen LogP contribution in [-0.2, 0) is 6.42 Å². The summed E-state index contributed by atoms with van der Waals surface area (Å²) in [5.41, 5.74) is 2.44. The summed E-state index contributed by atoms with van der Waals surface area (Å²) in [5, 5.41) is 8.32. The number of aliphatic imine (C=N–C) groups is 1. The van der Waals surface area contributed by atoms with Crippen molar-refractivity contribution in [1.29, 1.82) is 0 Å². The Morgan fingerprint density at radius 2 is 2.12 bits per heavy atom. The summed E-state index contributed by atoms with van der Waals surface area (Å²) in [6.07, 6.45) is 0.920. The highest BCUT2D eigenvalue weighted by Gasteiger charge is 2.31. The first kappa shape index (κ1) is 18.8. The number of para-hydroxylation sites is 1. The molecule has 0 radical (unpaired) electrons. The fourth-order valence-corrected chi connectivity index (χ4v) is 3.67. The SMILES string of the molecule is CCNC(=NCCc1cc2ccccc2[nH]1)NC1CN(C(C)C)CC1C. The van der Waals surface area contributed by atoms with Crippen molar-refractivity contribution < 1.29 is 0 Å². The van der Waals surface area contributed by atoms with Gasteiger partial charge in [-0.3, -0.25) is 9.89 Å². The number of likely N-dealkylation sites (tertiary alicyclic amines) is 1. The Kier molecular flexibility index (Phi) is 6.20. The van der Waals surface area contributed by atoms with E-state index in [1.54, 1.807) is 0 Å². The molecule has 0 aliphatic carbocycles. The Hall–Kier alpha value is -2.01. The van der Waals surface area contributed by atoms with Crippen LogP contribution in [0.5, 0.6) is 0 Å². The molecular weight excluding hydrogens is 322 g/mol. The molecule has 1 saturated heterocycles. The lowest BCUT2D eigenvalue weighted by Crippen LogP contribution is -2.47. The average molecular weight is 356 g/mol. The van der Waals surface area contributed by atoms with Crippen molar-refractivity contribution in [3.8, 4) is 0 Å². The summed E-state index contributed by atoms with van der Waals surface area (Å²) >= 11 is 0. The van der Waals surface area contributed by atoms with Gasteiger partial charge >= 0.3 is 0 Å². The summed E-state index contributed by atoms with van der Waals surface area (Å²) in [4.78, 5) is 10.8. The molecule has 1 aliphatic rings. The van der Waals surface area contributed by atoms with Gasteiger partial charge in [-0.2, -0.15) is 0 Å². The standard InChI is InChI=1S/C21H33N5/c1-5-22-21(25-20-14-26(15(2)3)13-16(20)4)23-11-10-18-12-17-8-6-7-9-19(17)24-18/h6-9,12,15-16,20,24H,5,10-11,13-14H2,1-4H3,(H2,22,23,25). The minimum Gasteiger partial charge on any atom is -0.358 e. The largest absolute Gasteiger partial charge is 0.358 e. The van der Waals surface area contributed by atoms with Crippen LogP contribution in [0.25, 0.3) is 10.9 Å². The molecule has 0 spiro atoms. The molecule has 1 aliphatic heterocycles. The number of nitrogens with zero attached hydrogens (tertiary/aromatic N) is 2. The summed E-state index contributed by atoms with van der Waals surface area (Å²) in [6, 6.07) is 11.7. The van der Waals surface area contributed by atoms with Crippen molar-refractivity contribution >= 4 is 16.9 Å². The van der Waals surface area contributed by atoms with Crippen LogP contribution in [0.1, 0.15) is 33.4 Å². The molecule has 2 heterocycles. The van der Waals surface area contributed by atoms with Crippen molar-refractivity contribution in [2.45, 2.75) is 46.2 Å². The zero-order valence-electron chi connectivity index (χ0n) is 16.5. The van der Waals surface area contributed by atoms with Crippen LogP contribution >= 0.6 is 0 Å². The molecule has 3 rings (SSSR count). The van der Waals surface area contributed by atoms with Crippen LogP contribution < -0.4 is 10.6 Å². The fraction of sp³-hybridized carbons (Fsp3) is 0.571. The maximum absolute atomic E-state index is 4.80. The Morgan fingerprint density at radius 3 is 2.81 bits per heavy atom. The van der Waals surface area contributed by atoms with Gasteiger partial charge in [-0.1, -0.05) is 25.1 Å². The quantitative estimate of drug-likeness (QED) is 0.551. The summed E-state index contributed by atoms with van der Waals surface area (Å²) < 4.78 is 0. The molecule has 0 amide bonds. The van der Waals surface area contributed by atoms with Gasteiger partial charge in [0.15, 0.2) is 5.96 Å². The van der Waals surface area contributed by atoms with E-state index in [-0.39, 0.29) is 0 Å². The number of aromatic amines is 1. The third-order valence-corrected chi connectivity index (χ3v) is 5.27. The van der Waals surface area contributed by atoms with Crippen molar-refractivity contribution in [2.24, 2.45) is 10.9 Å². The maximum Gasteiger partial charge on any atom is 0.191 e. The zero-order valence-corrected chi connectivity index (χ0v) is 16.5. The van der Waals surface area contributed by atoms with Gasteiger partial charge in [0.2, 0.25) is 0 Å². The number of hydrogen-bond acceptors (Lipinski definition) is 2. The van der Waals surface area contributed by atoms with Gasteiger partial charge in [-0.15, -0.1) is 0 Å². The van der Waals surface area contributed by atoms with E-state index in [0.29, 0.717) is 18.0 Å². The Bertz CT molecular complexity index is 700. The molecule has 2 aromatic rings. The molecular formula is C21H33N5. The minimum absolute atomic E-state index is 0.461. The van der Waals surface area contributed by atoms with Crippen molar-refractivity contribution in [3.63, 3.8) is 0 Å². The maximum atomic E-state index is 4.80. The normalized spacial score (nSPS) is 21.7. The van der Waals surface area contributed by atoms with Crippen LogP contribution in [0, 0.1) is 5.92 Å². The lowest BCUT2D eigenvalue weighted by molar-refractivity contribution is 0.265. The van der Waals surface area contributed by atoms with E-state index in [2.05, 4.69) is 78.5 Å². The zero-order chi connectivity index (χ0) is 18.5. The van der Waals surface area contributed by atoms with Gasteiger partial charge in [-0.05, 0) is 44.2 Å². The van der Waals surface area contributed by atoms with E-state index >= 15 is 0 Å². The third kappa shape index (κ3) is 4.58. The number of guanidine groups is 1. The number of hydrogen-bond donors (Lipinski definition) is 3. The van der Waals surface area contributed by atoms with Gasteiger partial charge in [0.05, 0.1) is 0 Å². The van der Waals surface area contributed by atoms with Crippen molar-refractivity contribution in [2.75, 3.05) is 26.2 Å². The summed E-state index contributed by atoms with van der Waals surface area (Å²) in [6.45, 7) is 12.9. The Balaban J connectivity index is 1.58. The smallest absolute Gasteiger partial charge is 0.191 e. The van der Waals surface area contributed by atoms with E-state index in [9.17, 15) is 0 Å². The molecule has 1 aromatic heterocycles. The molecule has 5 heteroatoms. The van der Waals surface area contributed by atoms with Crippen LogP contribution in [0.4, 0.5) is 0 Å². The molecule has 1 fully saturated rings. The number of rotatable bonds is 6. The van der Waals surface area contributed by atoms with Gasteiger partial charge in [-0.25, -0.2) is 0 Å². The minimum atomic E-state index is 0.461. The first-order valence-electron chi connectivity index (χ1n) is 9.92. The van der Waals surface area contributed by atoms with E-state index in [0.717, 1.165) is 38.6 Å². The highest BCUT2D eigenvalue weighted by molar-refractivity contribution is 5.81. The molecule has 5 nitrogen and oxygen atoms in total. The van der Waals surface area contributed by atoms with E-state index in [1.807, 2.05) is 0 Å². The second-order valence-corrected chi connectivity index (χ2v) is 7.67. The van der Waals surface area contributed by atoms with Crippen molar-refractivity contribution in [1.82, 2.24) is 20.5 Å².